The number of halogens is 2. The normalized spacial score (nSPS) is 12.4. The maximum Gasteiger partial charge on any atom is 0.252 e. The lowest BCUT2D eigenvalue weighted by atomic mass is 9.86. The summed E-state index contributed by atoms with van der Waals surface area (Å²) in [6.45, 7) is 6.89. The van der Waals surface area contributed by atoms with Gasteiger partial charge in [-0.1, -0.05) is 11.6 Å². The minimum Gasteiger partial charge on any atom is -0.388 e. The van der Waals surface area contributed by atoms with Gasteiger partial charge in [-0.25, -0.2) is 0 Å². The van der Waals surface area contributed by atoms with Crippen LogP contribution in [0.1, 0.15) is 38.1 Å². The van der Waals surface area contributed by atoms with E-state index >= 15 is 0 Å². The van der Waals surface area contributed by atoms with Crippen molar-refractivity contribution in [3.8, 4) is 0 Å². The Morgan fingerprint density at radius 1 is 1.33 bits per heavy atom. The number of carbonyl (C=O) groups is 1. The Balaban J connectivity index is 3.00. The van der Waals surface area contributed by atoms with Gasteiger partial charge in [-0.15, -0.1) is 0 Å². The summed E-state index contributed by atoms with van der Waals surface area (Å²) in [7, 11) is 0. The lowest BCUT2D eigenvalue weighted by Gasteiger charge is -2.38. The molecule has 100 valence electrons. The van der Waals surface area contributed by atoms with Gasteiger partial charge in [0, 0.05) is 8.59 Å². The zero-order chi connectivity index (χ0) is 14.1. The predicted molar refractivity (Wildman–Crippen MR) is 82.0 cm³/mol. The summed E-state index contributed by atoms with van der Waals surface area (Å²) < 4.78 is 0.820. The van der Waals surface area contributed by atoms with Crippen molar-refractivity contribution < 1.29 is 9.90 Å². The van der Waals surface area contributed by atoms with Crippen molar-refractivity contribution in [2.75, 3.05) is 0 Å². The molecule has 0 unspecified atom stereocenters. The van der Waals surface area contributed by atoms with Crippen molar-refractivity contribution in [3.05, 3.63) is 32.4 Å². The number of benzene rings is 1. The molecule has 0 aliphatic carbocycles. The molecule has 1 amide bonds. The molecular formula is C13H17ClINO2. The molecule has 1 aromatic carbocycles. The SMILES string of the molecule is CC(C)(O)C(C)(C)NC(=O)c1cc(Cl)ccc1I. The fourth-order valence-electron chi connectivity index (χ4n) is 1.18. The third-order valence-corrected chi connectivity index (χ3v) is 4.30. The van der Waals surface area contributed by atoms with Crippen LogP contribution in [-0.2, 0) is 0 Å². The van der Waals surface area contributed by atoms with E-state index < -0.39 is 11.1 Å². The molecule has 2 N–H and O–H groups in total. The molecular weight excluding hydrogens is 365 g/mol. The summed E-state index contributed by atoms with van der Waals surface area (Å²) in [6, 6.07) is 5.15. The van der Waals surface area contributed by atoms with Crippen molar-refractivity contribution in [1.29, 1.82) is 0 Å². The summed E-state index contributed by atoms with van der Waals surface area (Å²) in [5, 5.41) is 13.4. The first kappa shape index (κ1) is 15.7. The summed E-state index contributed by atoms with van der Waals surface area (Å²) in [5.74, 6) is -0.242. The molecule has 0 atom stereocenters. The van der Waals surface area contributed by atoms with Crippen LogP contribution in [0.2, 0.25) is 5.02 Å². The molecule has 5 heteroatoms. The summed E-state index contributed by atoms with van der Waals surface area (Å²) in [4.78, 5) is 12.2. The fraction of sp³-hybridized carbons (Fsp3) is 0.462. The van der Waals surface area contributed by atoms with Gasteiger partial charge in [0.05, 0.1) is 16.7 Å². The highest BCUT2D eigenvalue weighted by atomic mass is 127. The maximum atomic E-state index is 12.2. The van der Waals surface area contributed by atoms with Crippen LogP contribution < -0.4 is 5.32 Å². The van der Waals surface area contributed by atoms with Crippen molar-refractivity contribution in [2.24, 2.45) is 0 Å². The maximum absolute atomic E-state index is 12.2. The van der Waals surface area contributed by atoms with Crippen LogP contribution in [0, 0.1) is 3.57 Å². The van der Waals surface area contributed by atoms with E-state index in [9.17, 15) is 9.90 Å². The third kappa shape index (κ3) is 3.59. The van der Waals surface area contributed by atoms with E-state index in [2.05, 4.69) is 27.9 Å². The summed E-state index contributed by atoms with van der Waals surface area (Å²) >= 11 is 7.97. The van der Waals surface area contributed by atoms with Crippen LogP contribution in [0.5, 0.6) is 0 Å². The smallest absolute Gasteiger partial charge is 0.252 e. The van der Waals surface area contributed by atoms with Gasteiger partial charge in [0.25, 0.3) is 5.91 Å². The van der Waals surface area contributed by atoms with Gasteiger partial charge >= 0.3 is 0 Å². The van der Waals surface area contributed by atoms with Crippen LogP contribution in [-0.4, -0.2) is 22.2 Å². The molecule has 0 aliphatic rings. The Hall–Kier alpha value is -0.330. The zero-order valence-corrected chi connectivity index (χ0v) is 13.8. The van der Waals surface area contributed by atoms with E-state index in [0.29, 0.717) is 10.6 Å². The summed E-state index contributed by atoms with van der Waals surface area (Å²) in [5.41, 5.74) is -1.25. The Morgan fingerprint density at radius 3 is 2.39 bits per heavy atom. The fourth-order valence-corrected chi connectivity index (χ4v) is 1.93. The standard InChI is InChI=1S/C13H17ClINO2/c1-12(2,13(3,4)18)16-11(17)9-7-8(14)5-6-10(9)15/h5-7,18H,1-4H3,(H,16,17). The Bertz CT molecular complexity index is 467. The van der Waals surface area contributed by atoms with Gasteiger partial charge in [0.2, 0.25) is 0 Å². The predicted octanol–water partition coefficient (Wildman–Crippen LogP) is 3.22. The van der Waals surface area contributed by atoms with Crippen molar-refractivity contribution in [3.63, 3.8) is 0 Å². The highest BCUT2D eigenvalue weighted by Crippen LogP contribution is 2.23. The van der Waals surface area contributed by atoms with E-state index in [-0.39, 0.29) is 5.91 Å². The summed E-state index contributed by atoms with van der Waals surface area (Å²) in [6.07, 6.45) is 0. The Kier molecular flexibility index (Phi) is 4.67. The van der Waals surface area contributed by atoms with Crippen molar-refractivity contribution in [1.82, 2.24) is 5.32 Å². The third-order valence-electron chi connectivity index (χ3n) is 3.13. The molecule has 0 heterocycles. The van der Waals surface area contributed by atoms with Gasteiger partial charge in [-0.05, 0) is 68.5 Å². The first-order valence-electron chi connectivity index (χ1n) is 5.54. The van der Waals surface area contributed by atoms with Crippen molar-refractivity contribution >= 4 is 40.1 Å². The van der Waals surface area contributed by atoms with Gasteiger partial charge in [0.1, 0.15) is 0 Å². The minimum absolute atomic E-state index is 0.242. The molecule has 0 fully saturated rings. The van der Waals surface area contributed by atoms with Gasteiger partial charge in [-0.2, -0.15) is 0 Å². The van der Waals surface area contributed by atoms with E-state index in [4.69, 9.17) is 11.6 Å². The second kappa shape index (κ2) is 5.35. The molecule has 0 saturated carbocycles. The quantitative estimate of drug-likeness (QED) is 0.790. The van der Waals surface area contributed by atoms with Gasteiger partial charge in [-0.3, -0.25) is 4.79 Å². The second-order valence-corrected chi connectivity index (χ2v) is 6.86. The molecule has 18 heavy (non-hydrogen) atoms. The molecule has 0 saturated heterocycles. The number of hydrogen-bond donors (Lipinski definition) is 2. The van der Waals surface area contributed by atoms with E-state index in [1.807, 2.05) is 0 Å². The van der Waals surface area contributed by atoms with E-state index in [1.165, 1.54) is 0 Å². The number of hydrogen-bond acceptors (Lipinski definition) is 2. The molecule has 3 nitrogen and oxygen atoms in total. The molecule has 0 spiro atoms. The Labute approximate surface area is 126 Å². The number of amides is 1. The topological polar surface area (TPSA) is 49.3 Å². The number of carbonyl (C=O) groups excluding carboxylic acids is 1. The molecule has 0 bridgehead atoms. The largest absolute Gasteiger partial charge is 0.388 e. The highest BCUT2D eigenvalue weighted by Gasteiger charge is 2.36. The van der Waals surface area contributed by atoms with Crippen LogP contribution in [0.15, 0.2) is 18.2 Å². The molecule has 1 aromatic rings. The number of aliphatic hydroxyl groups is 1. The average Bonchev–Trinajstić information content (AvgIpc) is 2.19. The van der Waals surface area contributed by atoms with E-state index in [0.717, 1.165) is 3.57 Å². The average molecular weight is 382 g/mol. The van der Waals surface area contributed by atoms with E-state index in [1.54, 1.807) is 45.9 Å². The van der Waals surface area contributed by atoms with Gasteiger partial charge in [0.15, 0.2) is 0 Å². The second-order valence-electron chi connectivity index (χ2n) is 5.26. The van der Waals surface area contributed by atoms with Crippen molar-refractivity contribution in [2.45, 2.75) is 38.8 Å². The lowest BCUT2D eigenvalue weighted by molar-refractivity contribution is -0.00294. The molecule has 0 radical (unpaired) electrons. The molecule has 0 aliphatic heterocycles. The lowest BCUT2D eigenvalue weighted by Crippen LogP contribution is -2.57. The molecule has 1 rings (SSSR count). The van der Waals surface area contributed by atoms with Gasteiger partial charge < -0.3 is 10.4 Å². The van der Waals surface area contributed by atoms with Crippen LogP contribution in [0.4, 0.5) is 0 Å². The number of rotatable bonds is 3. The zero-order valence-electron chi connectivity index (χ0n) is 10.8. The first-order chi connectivity index (χ1) is 8.04. The Morgan fingerprint density at radius 2 is 1.89 bits per heavy atom. The van der Waals surface area contributed by atoms with Crippen LogP contribution in [0.25, 0.3) is 0 Å². The monoisotopic (exact) mass is 381 g/mol. The number of nitrogens with one attached hydrogen (secondary N) is 1. The van der Waals surface area contributed by atoms with Crippen LogP contribution >= 0.6 is 34.2 Å². The van der Waals surface area contributed by atoms with Crippen LogP contribution in [0.3, 0.4) is 0 Å². The molecule has 0 aromatic heterocycles. The first-order valence-corrected chi connectivity index (χ1v) is 7.00. The minimum atomic E-state index is -1.02. The highest BCUT2D eigenvalue weighted by molar-refractivity contribution is 14.1.